The molecular weight excluding hydrogens is 228 g/mol. The average Bonchev–Trinajstić information content (AvgIpc) is 2.64. The second-order valence-electron chi connectivity index (χ2n) is 5.91. The monoisotopic (exact) mass is 254 g/mol. The third kappa shape index (κ3) is 3.92. The van der Waals surface area contributed by atoms with Crippen molar-refractivity contribution < 1.29 is 14.6 Å². The van der Waals surface area contributed by atoms with Crippen molar-refractivity contribution in [1.82, 2.24) is 0 Å². The van der Waals surface area contributed by atoms with Crippen LogP contribution in [0.25, 0.3) is 0 Å². The number of carbonyl (C=O) groups is 1. The summed E-state index contributed by atoms with van der Waals surface area (Å²) in [6.07, 6.45) is 4.89. The molecule has 0 bridgehead atoms. The number of carbonyl (C=O) groups excluding carboxylic acids is 1. The lowest BCUT2D eigenvalue weighted by Crippen LogP contribution is -2.32. The van der Waals surface area contributed by atoms with Crippen molar-refractivity contribution in [3.8, 4) is 0 Å². The average molecular weight is 254 g/mol. The highest BCUT2D eigenvalue weighted by atomic mass is 16.5. The highest BCUT2D eigenvalue weighted by Gasteiger charge is 2.30. The molecule has 0 spiro atoms. The van der Waals surface area contributed by atoms with Crippen molar-refractivity contribution in [2.24, 2.45) is 17.3 Å². The first-order valence-electron chi connectivity index (χ1n) is 6.85. The topological polar surface area (TPSA) is 46.5 Å². The Hall–Kier alpha value is -0.670. The van der Waals surface area contributed by atoms with Gasteiger partial charge in [-0.25, -0.2) is 0 Å². The number of aliphatic hydroxyl groups excluding tert-OH is 1. The van der Waals surface area contributed by atoms with E-state index in [1.165, 1.54) is 0 Å². The second-order valence-corrected chi connectivity index (χ2v) is 5.91. The molecule has 1 fully saturated rings. The molecule has 0 saturated heterocycles. The molecule has 3 heteroatoms. The molecule has 18 heavy (non-hydrogen) atoms. The lowest BCUT2D eigenvalue weighted by molar-refractivity contribution is -0.120. The van der Waals surface area contributed by atoms with E-state index in [1.807, 2.05) is 39.8 Å². The van der Waals surface area contributed by atoms with Crippen molar-refractivity contribution in [2.75, 3.05) is 13.2 Å². The molecule has 0 radical (unpaired) electrons. The molecule has 1 rings (SSSR count). The summed E-state index contributed by atoms with van der Waals surface area (Å²) in [5.74, 6) is 0.728. The molecule has 0 aliphatic heterocycles. The highest BCUT2D eigenvalue weighted by molar-refractivity contribution is 5.83. The zero-order valence-electron chi connectivity index (χ0n) is 12.0. The Morgan fingerprint density at radius 2 is 2.22 bits per heavy atom. The third-order valence-electron chi connectivity index (χ3n) is 3.89. The number of rotatable bonds is 6. The summed E-state index contributed by atoms with van der Waals surface area (Å²) in [7, 11) is 0. The van der Waals surface area contributed by atoms with Gasteiger partial charge in [0, 0.05) is 24.4 Å². The van der Waals surface area contributed by atoms with E-state index in [0.717, 1.165) is 6.42 Å². The van der Waals surface area contributed by atoms with Gasteiger partial charge in [0.1, 0.15) is 5.78 Å². The molecule has 0 heterocycles. The summed E-state index contributed by atoms with van der Waals surface area (Å²) in [6, 6.07) is 0. The van der Waals surface area contributed by atoms with Gasteiger partial charge in [0.05, 0.1) is 12.7 Å². The van der Waals surface area contributed by atoms with Crippen LogP contribution in [0.5, 0.6) is 0 Å². The predicted molar refractivity (Wildman–Crippen MR) is 72.3 cm³/mol. The van der Waals surface area contributed by atoms with Gasteiger partial charge in [0.15, 0.2) is 0 Å². The van der Waals surface area contributed by atoms with Crippen LogP contribution in [0.2, 0.25) is 0 Å². The summed E-state index contributed by atoms with van der Waals surface area (Å²) >= 11 is 0. The normalized spacial score (nSPS) is 27.1. The molecule has 1 aliphatic carbocycles. The molecule has 1 saturated carbocycles. The Morgan fingerprint density at radius 1 is 1.56 bits per heavy atom. The SMILES string of the molecule is CCOCC(C)(C)[C@@H](O)/C=C/[C@H]1CCC(=O)[C@@H]1C. The number of ether oxygens (including phenoxy) is 1. The first-order chi connectivity index (χ1) is 8.38. The Morgan fingerprint density at radius 3 is 2.72 bits per heavy atom. The largest absolute Gasteiger partial charge is 0.388 e. The van der Waals surface area contributed by atoms with Gasteiger partial charge >= 0.3 is 0 Å². The Balaban J connectivity index is 2.53. The molecule has 104 valence electrons. The van der Waals surface area contributed by atoms with Crippen molar-refractivity contribution in [3.05, 3.63) is 12.2 Å². The lowest BCUT2D eigenvalue weighted by atomic mass is 9.86. The molecule has 0 aromatic carbocycles. The first-order valence-corrected chi connectivity index (χ1v) is 6.85. The maximum Gasteiger partial charge on any atom is 0.136 e. The van der Waals surface area contributed by atoms with Crippen LogP contribution in [0.3, 0.4) is 0 Å². The molecule has 1 aliphatic rings. The number of Topliss-reactive ketones (excluding diaryl/α,β-unsaturated/α-hetero) is 1. The minimum Gasteiger partial charge on any atom is -0.388 e. The van der Waals surface area contributed by atoms with Gasteiger partial charge in [0.25, 0.3) is 0 Å². The molecular formula is C15H26O3. The number of ketones is 1. The molecule has 1 N–H and O–H groups in total. The molecule has 3 nitrogen and oxygen atoms in total. The van der Waals surface area contributed by atoms with E-state index in [2.05, 4.69) is 0 Å². The zero-order chi connectivity index (χ0) is 13.8. The van der Waals surface area contributed by atoms with E-state index in [4.69, 9.17) is 4.74 Å². The van der Waals surface area contributed by atoms with Gasteiger partial charge in [0.2, 0.25) is 0 Å². The van der Waals surface area contributed by atoms with E-state index in [9.17, 15) is 9.90 Å². The minimum absolute atomic E-state index is 0.100. The maximum absolute atomic E-state index is 11.5. The first kappa shape index (κ1) is 15.4. The predicted octanol–water partition coefficient (Wildman–Crippen LogP) is 2.58. The quantitative estimate of drug-likeness (QED) is 0.741. The molecule has 0 unspecified atom stereocenters. The fraction of sp³-hybridized carbons (Fsp3) is 0.800. The molecule has 3 atom stereocenters. The van der Waals surface area contributed by atoms with Crippen molar-refractivity contribution in [2.45, 2.75) is 46.6 Å². The van der Waals surface area contributed by atoms with Crippen molar-refractivity contribution >= 4 is 5.78 Å². The van der Waals surface area contributed by atoms with Gasteiger partial charge in [-0.2, -0.15) is 0 Å². The smallest absolute Gasteiger partial charge is 0.136 e. The number of hydrogen-bond acceptors (Lipinski definition) is 3. The number of hydrogen-bond donors (Lipinski definition) is 1. The Bertz CT molecular complexity index is 307. The van der Waals surface area contributed by atoms with Gasteiger partial charge < -0.3 is 9.84 Å². The van der Waals surface area contributed by atoms with Crippen LogP contribution in [0.4, 0.5) is 0 Å². The Kier molecular flexibility index (Phi) is 5.54. The number of aliphatic hydroxyl groups is 1. The summed E-state index contributed by atoms with van der Waals surface area (Å²) in [4.78, 5) is 11.5. The van der Waals surface area contributed by atoms with E-state index >= 15 is 0 Å². The van der Waals surface area contributed by atoms with Crippen LogP contribution in [-0.2, 0) is 9.53 Å². The summed E-state index contributed by atoms with van der Waals surface area (Å²) < 4.78 is 5.38. The second kappa shape index (κ2) is 6.48. The fourth-order valence-corrected chi connectivity index (χ4v) is 2.25. The van der Waals surface area contributed by atoms with E-state index in [1.54, 1.807) is 0 Å². The van der Waals surface area contributed by atoms with E-state index in [0.29, 0.717) is 25.4 Å². The zero-order valence-corrected chi connectivity index (χ0v) is 12.0. The fourth-order valence-electron chi connectivity index (χ4n) is 2.25. The lowest BCUT2D eigenvalue weighted by Gasteiger charge is -2.28. The van der Waals surface area contributed by atoms with E-state index < -0.39 is 6.10 Å². The highest BCUT2D eigenvalue weighted by Crippen LogP contribution is 2.30. The van der Waals surface area contributed by atoms with Crippen LogP contribution in [0, 0.1) is 17.3 Å². The molecule has 0 aromatic rings. The summed E-state index contributed by atoms with van der Waals surface area (Å²) in [6.45, 7) is 9.09. The minimum atomic E-state index is -0.535. The molecule has 0 amide bonds. The Labute approximate surface area is 110 Å². The third-order valence-corrected chi connectivity index (χ3v) is 3.89. The standard InChI is InChI=1S/C15H26O3/c1-5-18-10-15(3,4)14(17)9-7-12-6-8-13(16)11(12)2/h7,9,11-12,14,17H,5-6,8,10H2,1-4H3/b9-7+/t11-,12-,14+/m1/s1. The molecule has 0 aromatic heterocycles. The van der Waals surface area contributed by atoms with Gasteiger partial charge in [-0.1, -0.05) is 32.9 Å². The van der Waals surface area contributed by atoms with Crippen LogP contribution in [0.1, 0.15) is 40.5 Å². The van der Waals surface area contributed by atoms with Crippen LogP contribution < -0.4 is 0 Å². The van der Waals surface area contributed by atoms with Crippen LogP contribution in [-0.4, -0.2) is 30.2 Å². The van der Waals surface area contributed by atoms with Crippen LogP contribution >= 0.6 is 0 Å². The van der Waals surface area contributed by atoms with Gasteiger partial charge in [-0.3, -0.25) is 4.79 Å². The maximum atomic E-state index is 11.5. The summed E-state index contributed by atoms with van der Waals surface area (Å²) in [5, 5.41) is 10.2. The van der Waals surface area contributed by atoms with Crippen molar-refractivity contribution in [1.29, 1.82) is 0 Å². The van der Waals surface area contributed by atoms with Crippen LogP contribution in [0.15, 0.2) is 12.2 Å². The van der Waals surface area contributed by atoms with Gasteiger partial charge in [-0.15, -0.1) is 0 Å². The summed E-state index contributed by atoms with van der Waals surface area (Å²) in [5.41, 5.74) is -0.293. The number of allylic oxidation sites excluding steroid dienone is 1. The van der Waals surface area contributed by atoms with E-state index in [-0.39, 0.29) is 17.3 Å². The van der Waals surface area contributed by atoms with Gasteiger partial charge in [-0.05, 0) is 19.3 Å². The van der Waals surface area contributed by atoms with Crippen molar-refractivity contribution in [3.63, 3.8) is 0 Å².